The first-order chi connectivity index (χ1) is 16.2. The second-order valence-corrected chi connectivity index (χ2v) is 8.93. The third-order valence-electron chi connectivity index (χ3n) is 6.54. The minimum atomic E-state index is -2.97. The Morgan fingerprint density at radius 1 is 1.15 bits per heavy atom. The molecule has 34 heavy (non-hydrogen) atoms. The largest absolute Gasteiger partial charge is 0.435 e. The van der Waals surface area contributed by atoms with Gasteiger partial charge in [0.25, 0.3) is 5.91 Å². The SMILES string of the molecule is CC(C1CC1)N(Cc1ccccc1)C(=O)CN1C(=O)NC(C)(c2ccc(OC(F)F)cc2)C1=O. The van der Waals surface area contributed by atoms with Crippen molar-refractivity contribution in [2.75, 3.05) is 6.54 Å². The summed E-state index contributed by atoms with van der Waals surface area (Å²) >= 11 is 0. The lowest BCUT2D eigenvalue weighted by molar-refractivity contribution is -0.140. The van der Waals surface area contributed by atoms with Crippen LogP contribution in [0, 0.1) is 5.92 Å². The fourth-order valence-corrected chi connectivity index (χ4v) is 4.30. The van der Waals surface area contributed by atoms with Crippen LogP contribution in [0.3, 0.4) is 0 Å². The van der Waals surface area contributed by atoms with Crippen LogP contribution >= 0.6 is 0 Å². The van der Waals surface area contributed by atoms with Gasteiger partial charge < -0.3 is 15.0 Å². The number of imide groups is 1. The maximum Gasteiger partial charge on any atom is 0.387 e. The van der Waals surface area contributed by atoms with E-state index in [0.29, 0.717) is 18.0 Å². The lowest BCUT2D eigenvalue weighted by Gasteiger charge is -2.31. The third-order valence-corrected chi connectivity index (χ3v) is 6.54. The van der Waals surface area contributed by atoms with Crippen LogP contribution in [0.2, 0.25) is 0 Å². The lowest BCUT2D eigenvalue weighted by atomic mass is 9.92. The van der Waals surface area contributed by atoms with Gasteiger partial charge in [-0.2, -0.15) is 8.78 Å². The molecule has 7 nitrogen and oxygen atoms in total. The van der Waals surface area contributed by atoms with E-state index in [1.165, 1.54) is 31.2 Å². The number of hydrogen-bond acceptors (Lipinski definition) is 4. The van der Waals surface area contributed by atoms with Crippen molar-refractivity contribution >= 4 is 17.8 Å². The average Bonchev–Trinajstić information content (AvgIpc) is 3.63. The van der Waals surface area contributed by atoms with Crippen molar-refractivity contribution in [3.05, 3.63) is 65.7 Å². The molecule has 180 valence electrons. The fourth-order valence-electron chi connectivity index (χ4n) is 4.30. The van der Waals surface area contributed by atoms with Crippen molar-refractivity contribution in [2.24, 2.45) is 5.92 Å². The Kier molecular flexibility index (Phi) is 6.54. The zero-order valence-corrected chi connectivity index (χ0v) is 19.0. The molecule has 2 aliphatic rings. The number of alkyl halides is 2. The number of carbonyl (C=O) groups excluding carboxylic acids is 3. The zero-order valence-electron chi connectivity index (χ0n) is 19.0. The molecule has 1 heterocycles. The molecular weight excluding hydrogens is 444 g/mol. The standard InChI is InChI=1S/C25H27F2N3O4/c1-16(18-8-9-18)29(14-17-6-4-3-5-7-17)21(31)15-30-22(32)25(2,28-24(30)33)19-10-12-20(13-11-19)34-23(26)27/h3-7,10-13,16,18,23H,8-9,14-15H2,1-2H3,(H,28,33). The molecule has 9 heteroatoms. The van der Waals surface area contributed by atoms with Crippen molar-refractivity contribution in [3.8, 4) is 5.75 Å². The van der Waals surface area contributed by atoms with Crippen molar-refractivity contribution in [1.29, 1.82) is 0 Å². The number of nitrogens with zero attached hydrogens (tertiary/aromatic N) is 2. The Morgan fingerprint density at radius 3 is 2.38 bits per heavy atom. The summed E-state index contributed by atoms with van der Waals surface area (Å²) in [5.74, 6) is -0.532. The number of carbonyl (C=O) groups is 3. The molecular formula is C25H27F2N3O4. The number of ether oxygens (including phenoxy) is 1. The molecule has 0 bridgehead atoms. The second-order valence-electron chi connectivity index (χ2n) is 8.93. The number of benzene rings is 2. The van der Waals surface area contributed by atoms with E-state index >= 15 is 0 Å². The highest BCUT2D eigenvalue weighted by Gasteiger charge is 2.50. The summed E-state index contributed by atoms with van der Waals surface area (Å²) in [6, 6.07) is 14.4. The van der Waals surface area contributed by atoms with Crippen LogP contribution in [-0.2, 0) is 21.7 Å². The van der Waals surface area contributed by atoms with Crippen LogP contribution in [0.15, 0.2) is 54.6 Å². The van der Waals surface area contributed by atoms with Gasteiger partial charge in [0.15, 0.2) is 0 Å². The van der Waals surface area contributed by atoms with Gasteiger partial charge in [-0.1, -0.05) is 42.5 Å². The Morgan fingerprint density at radius 2 is 1.79 bits per heavy atom. The Labute approximate surface area is 196 Å². The van der Waals surface area contributed by atoms with Crippen LogP contribution < -0.4 is 10.1 Å². The minimum Gasteiger partial charge on any atom is -0.435 e. The first kappa shape index (κ1) is 23.7. The molecule has 2 aromatic rings. The Hall–Kier alpha value is -3.49. The molecule has 2 unspecified atom stereocenters. The van der Waals surface area contributed by atoms with E-state index in [9.17, 15) is 23.2 Å². The van der Waals surface area contributed by atoms with Crippen LogP contribution in [0.5, 0.6) is 5.75 Å². The van der Waals surface area contributed by atoms with Crippen LogP contribution in [0.4, 0.5) is 13.6 Å². The first-order valence-electron chi connectivity index (χ1n) is 11.2. The smallest absolute Gasteiger partial charge is 0.387 e. The number of urea groups is 1. The fraction of sp³-hybridized carbons (Fsp3) is 0.400. The lowest BCUT2D eigenvalue weighted by Crippen LogP contribution is -2.47. The zero-order chi connectivity index (χ0) is 24.5. The summed E-state index contributed by atoms with van der Waals surface area (Å²) in [5.41, 5.74) is -0.0565. The van der Waals surface area contributed by atoms with Crippen LogP contribution in [0.1, 0.15) is 37.8 Å². The van der Waals surface area contributed by atoms with Gasteiger partial charge in [0, 0.05) is 12.6 Å². The molecule has 2 aromatic carbocycles. The van der Waals surface area contributed by atoms with E-state index in [0.717, 1.165) is 23.3 Å². The highest BCUT2D eigenvalue weighted by atomic mass is 19.3. The third kappa shape index (κ3) is 4.88. The number of amides is 4. The van der Waals surface area contributed by atoms with Crippen LogP contribution in [-0.4, -0.2) is 46.8 Å². The molecule has 1 aliphatic carbocycles. The highest BCUT2D eigenvalue weighted by Crippen LogP contribution is 2.36. The van der Waals surface area contributed by atoms with Crippen molar-refractivity contribution in [3.63, 3.8) is 0 Å². The summed E-state index contributed by atoms with van der Waals surface area (Å²) in [4.78, 5) is 42.0. The molecule has 1 N–H and O–H groups in total. The van der Waals surface area contributed by atoms with E-state index in [1.54, 1.807) is 4.90 Å². The normalized spacial score (nSPS) is 20.9. The monoisotopic (exact) mass is 471 g/mol. The van der Waals surface area contributed by atoms with Gasteiger partial charge in [-0.3, -0.25) is 14.5 Å². The predicted molar refractivity (Wildman–Crippen MR) is 120 cm³/mol. The van der Waals surface area contributed by atoms with Gasteiger partial charge >= 0.3 is 12.6 Å². The summed E-state index contributed by atoms with van der Waals surface area (Å²) in [6.07, 6.45) is 2.10. The molecule has 1 saturated carbocycles. The summed E-state index contributed by atoms with van der Waals surface area (Å²) in [7, 11) is 0. The van der Waals surface area contributed by atoms with Gasteiger partial charge in [-0.15, -0.1) is 0 Å². The van der Waals surface area contributed by atoms with Gasteiger partial charge in [0.1, 0.15) is 17.8 Å². The maximum atomic E-state index is 13.3. The van der Waals surface area contributed by atoms with E-state index in [1.807, 2.05) is 37.3 Å². The predicted octanol–water partition coefficient (Wildman–Crippen LogP) is 3.88. The van der Waals surface area contributed by atoms with Crippen molar-refractivity contribution in [2.45, 2.75) is 51.4 Å². The van der Waals surface area contributed by atoms with Crippen molar-refractivity contribution in [1.82, 2.24) is 15.1 Å². The molecule has 2 fully saturated rings. The summed E-state index contributed by atoms with van der Waals surface area (Å²) in [5, 5.41) is 2.64. The van der Waals surface area contributed by atoms with E-state index in [2.05, 4.69) is 10.1 Å². The average molecular weight is 472 g/mol. The van der Waals surface area contributed by atoms with E-state index in [4.69, 9.17) is 0 Å². The topological polar surface area (TPSA) is 79.0 Å². The quantitative estimate of drug-likeness (QED) is 0.563. The summed E-state index contributed by atoms with van der Waals surface area (Å²) < 4.78 is 29.2. The molecule has 1 aliphatic heterocycles. The van der Waals surface area contributed by atoms with Gasteiger partial charge in [-0.05, 0) is 55.9 Å². The number of rotatable bonds is 9. The molecule has 0 spiro atoms. The first-order valence-corrected chi connectivity index (χ1v) is 11.2. The maximum absolute atomic E-state index is 13.3. The van der Waals surface area contributed by atoms with Gasteiger partial charge in [-0.25, -0.2) is 4.79 Å². The molecule has 4 amide bonds. The molecule has 2 atom stereocenters. The van der Waals surface area contributed by atoms with Crippen LogP contribution in [0.25, 0.3) is 0 Å². The van der Waals surface area contributed by atoms with Gasteiger partial charge in [0.2, 0.25) is 5.91 Å². The molecule has 4 rings (SSSR count). The van der Waals surface area contributed by atoms with E-state index < -0.39 is 24.1 Å². The highest BCUT2D eigenvalue weighted by molar-refractivity contribution is 6.09. The minimum absolute atomic E-state index is 0.0118. The molecule has 0 radical (unpaired) electrons. The Bertz CT molecular complexity index is 1060. The second kappa shape index (κ2) is 9.40. The number of nitrogens with one attached hydrogen (secondary N) is 1. The molecule has 1 saturated heterocycles. The summed E-state index contributed by atoms with van der Waals surface area (Å²) in [6.45, 7) is 0.570. The number of hydrogen-bond donors (Lipinski definition) is 1. The molecule has 0 aromatic heterocycles. The van der Waals surface area contributed by atoms with Gasteiger partial charge in [0.05, 0.1) is 0 Å². The number of halogens is 2. The van der Waals surface area contributed by atoms with E-state index in [-0.39, 0.29) is 24.2 Å². The van der Waals surface area contributed by atoms with Crippen molar-refractivity contribution < 1.29 is 27.9 Å². The Balaban J connectivity index is 1.50.